The minimum Gasteiger partial charge on any atom is -0.324 e. The molecule has 5 nitrogen and oxygen atoms in total. The van der Waals surface area contributed by atoms with Gasteiger partial charge in [-0.1, -0.05) is 27.7 Å². The van der Waals surface area contributed by atoms with Gasteiger partial charge in [-0.15, -0.1) is 0 Å². The smallest absolute Gasteiger partial charge is 0.272 e. The zero-order valence-corrected chi connectivity index (χ0v) is 12.1. The van der Waals surface area contributed by atoms with Gasteiger partial charge in [-0.2, -0.15) is 0 Å². The standard InChI is InChI=1S/C12H10BrN3O2S/c13-8-1-3-11(4-2-8)19-12-6-9(15-14)5-10(7-12)16(17)18/h1-7,15H,14H2. The van der Waals surface area contributed by atoms with Crippen molar-refractivity contribution >= 4 is 39.1 Å². The number of hydrazine groups is 1. The number of nitro groups is 1. The quantitative estimate of drug-likeness (QED) is 0.503. The van der Waals surface area contributed by atoms with Crippen molar-refractivity contribution in [3.05, 3.63) is 57.1 Å². The van der Waals surface area contributed by atoms with Crippen LogP contribution in [0.3, 0.4) is 0 Å². The van der Waals surface area contributed by atoms with Gasteiger partial charge in [0.1, 0.15) is 0 Å². The molecule has 0 aromatic heterocycles. The third-order valence-electron chi connectivity index (χ3n) is 2.32. The maximum absolute atomic E-state index is 10.8. The van der Waals surface area contributed by atoms with E-state index in [0.29, 0.717) is 5.69 Å². The number of nitro benzene ring substituents is 1. The van der Waals surface area contributed by atoms with Gasteiger partial charge < -0.3 is 5.43 Å². The van der Waals surface area contributed by atoms with Gasteiger partial charge in [0, 0.05) is 26.4 Å². The molecule has 0 aliphatic carbocycles. The zero-order valence-electron chi connectivity index (χ0n) is 9.67. The molecule has 0 bridgehead atoms. The number of nitrogens with zero attached hydrogens (tertiary/aromatic N) is 1. The molecule has 3 N–H and O–H groups in total. The Morgan fingerprint density at radius 1 is 1.16 bits per heavy atom. The lowest BCUT2D eigenvalue weighted by Crippen LogP contribution is -2.07. The number of nitrogen functional groups attached to an aromatic ring is 1. The van der Waals surface area contributed by atoms with E-state index in [9.17, 15) is 10.1 Å². The van der Waals surface area contributed by atoms with Gasteiger partial charge in [0.15, 0.2) is 0 Å². The maximum atomic E-state index is 10.8. The first-order valence-electron chi connectivity index (χ1n) is 5.28. The molecule has 0 heterocycles. The SMILES string of the molecule is NNc1cc(Sc2ccc(Br)cc2)cc([N+](=O)[O-])c1. The van der Waals surface area contributed by atoms with Gasteiger partial charge in [0.2, 0.25) is 0 Å². The largest absolute Gasteiger partial charge is 0.324 e. The van der Waals surface area contributed by atoms with Gasteiger partial charge in [0.25, 0.3) is 5.69 Å². The van der Waals surface area contributed by atoms with Crippen molar-refractivity contribution in [2.24, 2.45) is 5.84 Å². The summed E-state index contributed by atoms with van der Waals surface area (Å²) in [5.41, 5.74) is 2.95. The molecule has 0 unspecified atom stereocenters. The second-order valence-electron chi connectivity index (χ2n) is 3.67. The molecule has 0 saturated carbocycles. The van der Waals surface area contributed by atoms with Crippen LogP contribution >= 0.6 is 27.7 Å². The first-order valence-corrected chi connectivity index (χ1v) is 6.89. The summed E-state index contributed by atoms with van der Waals surface area (Å²) in [7, 11) is 0. The van der Waals surface area contributed by atoms with E-state index in [-0.39, 0.29) is 5.69 Å². The third-order valence-corrected chi connectivity index (χ3v) is 3.83. The Labute approximate surface area is 122 Å². The maximum Gasteiger partial charge on any atom is 0.272 e. The van der Waals surface area contributed by atoms with Crippen LogP contribution in [-0.4, -0.2) is 4.92 Å². The average Bonchev–Trinajstić information content (AvgIpc) is 2.41. The van der Waals surface area contributed by atoms with E-state index < -0.39 is 4.92 Å². The third kappa shape index (κ3) is 3.69. The molecule has 98 valence electrons. The van der Waals surface area contributed by atoms with Gasteiger partial charge in [-0.05, 0) is 30.3 Å². The molecule has 0 aliphatic rings. The van der Waals surface area contributed by atoms with E-state index in [1.54, 1.807) is 6.07 Å². The number of nitrogens with two attached hydrogens (primary N) is 1. The molecule has 0 amide bonds. The fourth-order valence-electron chi connectivity index (χ4n) is 1.47. The fraction of sp³-hybridized carbons (Fsp3) is 0. The number of benzene rings is 2. The van der Waals surface area contributed by atoms with E-state index in [2.05, 4.69) is 21.4 Å². The Morgan fingerprint density at radius 3 is 2.42 bits per heavy atom. The van der Waals surface area contributed by atoms with Crippen molar-refractivity contribution in [2.45, 2.75) is 9.79 Å². The fourth-order valence-corrected chi connectivity index (χ4v) is 2.64. The second-order valence-corrected chi connectivity index (χ2v) is 5.74. The molecule has 0 spiro atoms. The number of nitrogens with one attached hydrogen (secondary N) is 1. The van der Waals surface area contributed by atoms with Crippen molar-refractivity contribution in [1.29, 1.82) is 0 Å². The van der Waals surface area contributed by atoms with Crippen LogP contribution in [-0.2, 0) is 0 Å². The Hall–Kier alpha value is -1.57. The number of halogens is 1. The Morgan fingerprint density at radius 2 is 1.84 bits per heavy atom. The number of anilines is 1. The summed E-state index contributed by atoms with van der Waals surface area (Å²) in [5.74, 6) is 5.31. The first-order chi connectivity index (χ1) is 9.08. The van der Waals surface area contributed by atoms with Crippen LogP contribution in [0.4, 0.5) is 11.4 Å². The highest BCUT2D eigenvalue weighted by Gasteiger charge is 2.10. The topological polar surface area (TPSA) is 81.2 Å². The van der Waals surface area contributed by atoms with Crippen molar-refractivity contribution < 1.29 is 4.92 Å². The minimum absolute atomic E-state index is 0.00932. The number of non-ortho nitro benzene ring substituents is 1. The molecule has 0 saturated heterocycles. The van der Waals surface area contributed by atoms with Crippen molar-refractivity contribution in [1.82, 2.24) is 0 Å². The van der Waals surface area contributed by atoms with Gasteiger partial charge >= 0.3 is 0 Å². The summed E-state index contributed by atoms with van der Waals surface area (Å²) >= 11 is 4.80. The number of hydrogen-bond donors (Lipinski definition) is 2. The van der Waals surface area contributed by atoms with E-state index in [0.717, 1.165) is 14.3 Å². The predicted octanol–water partition coefficient (Wildman–Crippen LogP) is 3.79. The summed E-state index contributed by atoms with van der Waals surface area (Å²) in [4.78, 5) is 12.1. The summed E-state index contributed by atoms with van der Waals surface area (Å²) in [5, 5.41) is 10.8. The highest BCUT2D eigenvalue weighted by atomic mass is 79.9. The lowest BCUT2D eigenvalue weighted by Gasteiger charge is -2.05. The van der Waals surface area contributed by atoms with Crippen molar-refractivity contribution in [3.63, 3.8) is 0 Å². The summed E-state index contributed by atoms with van der Waals surface area (Å²) in [6.45, 7) is 0. The average molecular weight is 340 g/mol. The molecule has 0 atom stereocenters. The predicted molar refractivity (Wildman–Crippen MR) is 79.2 cm³/mol. The van der Waals surface area contributed by atoms with Crippen LogP contribution < -0.4 is 11.3 Å². The van der Waals surface area contributed by atoms with E-state index >= 15 is 0 Å². The highest BCUT2D eigenvalue weighted by molar-refractivity contribution is 9.10. The first kappa shape index (κ1) is 13.9. The van der Waals surface area contributed by atoms with Crippen LogP contribution in [0, 0.1) is 10.1 Å². The van der Waals surface area contributed by atoms with Gasteiger partial charge in [0.05, 0.1) is 10.6 Å². The van der Waals surface area contributed by atoms with Crippen LogP contribution in [0.2, 0.25) is 0 Å². The molecule has 2 rings (SSSR count). The van der Waals surface area contributed by atoms with Crippen molar-refractivity contribution in [2.75, 3.05) is 5.43 Å². The zero-order chi connectivity index (χ0) is 13.8. The molecule has 0 fully saturated rings. The molecule has 2 aromatic rings. The number of rotatable bonds is 4. The monoisotopic (exact) mass is 339 g/mol. The molecule has 0 radical (unpaired) electrons. The molecular weight excluding hydrogens is 330 g/mol. The Kier molecular flexibility index (Phi) is 4.41. The highest BCUT2D eigenvalue weighted by Crippen LogP contribution is 2.33. The van der Waals surface area contributed by atoms with E-state index in [1.165, 1.54) is 23.9 Å². The van der Waals surface area contributed by atoms with Crippen LogP contribution in [0.1, 0.15) is 0 Å². The minimum atomic E-state index is -0.438. The molecule has 19 heavy (non-hydrogen) atoms. The van der Waals surface area contributed by atoms with E-state index in [4.69, 9.17) is 5.84 Å². The normalized spacial score (nSPS) is 10.2. The lowest BCUT2D eigenvalue weighted by atomic mass is 10.3. The summed E-state index contributed by atoms with van der Waals surface area (Å²) in [6, 6.07) is 12.4. The second kappa shape index (κ2) is 6.05. The van der Waals surface area contributed by atoms with Crippen LogP contribution in [0.5, 0.6) is 0 Å². The van der Waals surface area contributed by atoms with Crippen LogP contribution in [0.25, 0.3) is 0 Å². The van der Waals surface area contributed by atoms with E-state index in [1.807, 2.05) is 24.3 Å². The molecule has 7 heteroatoms. The van der Waals surface area contributed by atoms with Gasteiger partial charge in [-0.3, -0.25) is 16.0 Å². The van der Waals surface area contributed by atoms with Crippen LogP contribution in [0.15, 0.2) is 56.7 Å². The molecular formula is C12H10BrN3O2S. The summed E-state index contributed by atoms with van der Waals surface area (Å²) in [6.07, 6.45) is 0. The number of hydrogen-bond acceptors (Lipinski definition) is 5. The van der Waals surface area contributed by atoms with Gasteiger partial charge in [-0.25, -0.2) is 0 Å². The Bertz CT molecular complexity index is 604. The Balaban J connectivity index is 2.31. The molecule has 0 aliphatic heterocycles. The summed E-state index contributed by atoms with van der Waals surface area (Å²) < 4.78 is 0.986. The molecule has 2 aromatic carbocycles. The lowest BCUT2D eigenvalue weighted by molar-refractivity contribution is -0.385. The van der Waals surface area contributed by atoms with Crippen molar-refractivity contribution in [3.8, 4) is 0 Å².